The lowest BCUT2D eigenvalue weighted by Crippen LogP contribution is -2.41. The number of benzene rings is 1. The number of carbonyl (C=O) groups is 1. The van der Waals surface area contributed by atoms with Gasteiger partial charge in [-0.2, -0.15) is 11.3 Å². The van der Waals surface area contributed by atoms with Gasteiger partial charge in [0.15, 0.2) is 0 Å². The van der Waals surface area contributed by atoms with E-state index in [2.05, 4.69) is 5.32 Å². The molecule has 24 heavy (non-hydrogen) atoms. The van der Waals surface area contributed by atoms with Gasteiger partial charge in [0.25, 0.3) is 5.91 Å². The van der Waals surface area contributed by atoms with Gasteiger partial charge in [-0.15, -0.1) is 11.3 Å². The van der Waals surface area contributed by atoms with Gasteiger partial charge in [0.05, 0.1) is 6.54 Å². The summed E-state index contributed by atoms with van der Waals surface area (Å²) in [5.74, 6) is -0.174. The molecule has 1 atom stereocenters. The predicted octanol–water partition coefficient (Wildman–Crippen LogP) is 4.09. The van der Waals surface area contributed by atoms with E-state index < -0.39 is 5.60 Å². The number of thiophene rings is 2. The number of nitrogens with one attached hydrogen (secondary N) is 1. The van der Waals surface area contributed by atoms with Gasteiger partial charge in [-0.3, -0.25) is 4.79 Å². The second-order valence-electron chi connectivity index (χ2n) is 5.91. The van der Waals surface area contributed by atoms with E-state index in [9.17, 15) is 9.90 Å². The zero-order valence-corrected chi connectivity index (χ0v) is 15.2. The Kier molecular flexibility index (Phi) is 4.85. The second kappa shape index (κ2) is 6.89. The van der Waals surface area contributed by atoms with Crippen LogP contribution < -0.4 is 5.32 Å². The average Bonchev–Trinajstić information content (AvgIpc) is 3.24. The summed E-state index contributed by atoms with van der Waals surface area (Å²) in [4.78, 5) is 13.3. The molecule has 0 aliphatic rings. The molecule has 0 aliphatic heterocycles. The maximum absolute atomic E-state index is 12.5. The third-order valence-electron chi connectivity index (χ3n) is 3.92. The maximum atomic E-state index is 12.5. The second-order valence-corrected chi connectivity index (χ2v) is 7.64. The summed E-state index contributed by atoms with van der Waals surface area (Å²) in [5.41, 5.74) is 2.31. The molecule has 1 aromatic carbocycles. The first-order chi connectivity index (χ1) is 11.5. The van der Waals surface area contributed by atoms with Crippen molar-refractivity contribution >= 4 is 28.6 Å². The number of rotatable bonds is 5. The van der Waals surface area contributed by atoms with E-state index in [0.29, 0.717) is 5.56 Å². The lowest BCUT2D eigenvalue weighted by Gasteiger charge is -2.27. The topological polar surface area (TPSA) is 49.3 Å². The molecule has 2 N–H and O–H groups in total. The highest BCUT2D eigenvalue weighted by Crippen LogP contribution is 2.33. The fraction of sp³-hybridized carbons (Fsp3) is 0.211. The van der Waals surface area contributed by atoms with Crippen LogP contribution in [0.4, 0.5) is 0 Å². The van der Waals surface area contributed by atoms with E-state index in [4.69, 9.17) is 0 Å². The van der Waals surface area contributed by atoms with Gasteiger partial charge in [0.1, 0.15) is 5.60 Å². The van der Waals surface area contributed by atoms with Crippen LogP contribution in [-0.2, 0) is 5.60 Å². The van der Waals surface area contributed by atoms with Crippen molar-refractivity contribution < 1.29 is 9.90 Å². The first-order valence-electron chi connectivity index (χ1n) is 7.64. The van der Waals surface area contributed by atoms with Gasteiger partial charge in [-0.1, -0.05) is 23.3 Å². The van der Waals surface area contributed by atoms with Gasteiger partial charge >= 0.3 is 0 Å². The Morgan fingerprint density at radius 1 is 1.17 bits per heavy atom. The molecule has 3 nitrogen and oxygen atoms in total. The van der Waals surface area contributed by atoms with Crippen molar-refractivity contribution in [3.8, 4) is 0 Å². The van der Waals surface area contributed by atoms with E-state index in [0.717, 1.165) is 21.6 Å². The molecule has 1 amide bonds. The number of hydrogen-bond donors (Lipinski definition) is 2. The molecule has 0 spiro atoms. The molecule has 124 valence electrons. The molecule has 0 radical (unpaired) electrons. The minimum absolute atomic E-state index is 0.135. The van der Waals surface area contributed by atoms with Crippen molar-refractivity contribution in [2.45, 2.75) is 19.4 Å². The molecule has 0 bridgehead atoms. The van der Waals surface area contributed by atoms with E-state index in [1.165, 1.54) is 22.7 Å². The van der Waals surface area contributed by atoms with Gasteiger partial charge < -0.3 is 10.4 Å². The molecular weight excluding hydrogens is 338 g/mol. The molecule has 5 heteroatoms. The van der Waals surface area contributed by atoms with E-state index in [1.54, 1.807) is 0 Å². The van der Waals surface area contributed by atoms with Crippen LogP contribution in [0.5, 0.6) is 0 Å². The predicted molar refractivity (Wildman–Crippen MR) is 99.9 cm³/mol. The van der Waals surface area contributed by atoms with Crippen molar-refractivity contribution in [1.29, 1.82) is 0 Å². The molecule has 0 fully saturated rings. The van der Waals surface area contributed by atoms with E-state index in [-0.39, 0.29) is 12.5 Å². The fourth-order valence-corrected chi connectivity index (χ4v) is 4.33. The fourth-order valence-electron chi connectivity index (χ4n) is 2.76. The standard InChI is InChI=1S/C19H19NO2S2/c1-13-8-14(2)10-15(9-13)18(21)20-12-19(22,16-5-7-23-11-16)17-4-3-6-24-17/h3-11,22H,12H2,1-2H3,(H,20,21). The maximum Gasteiger partial charge on any atom is 0.251 e. The van der Waals surface area contributed by atoms with Crippen molar-refractivity contribution in [2.24, 2.45) is 0 Å². The van der Waals surface area contributed by atoms with Crippen LogP contribution in [0.1, 0.15) is 31.9 Å². The minimum Gasteiger partial charge on any atom is -0.378 e. The van der Waals surface area contributed by atoms with Crippen LogP contribution in [0.3, 0.4) is 0 Å². The number of hydrogen-bond acceptors (Lipinski definition) is 4. The highest BCUT2D eigenvalue weighted by molar-refractivity contribution is 7.10. The van der Waals surface area contributed by atoms with E-state index in [1.807, 2.05) is 66.4 Å². The normalized spacial score (nSPS) is 13.5. The summed E-state index contributed by atoms with van der Waals surface area (Å²) in [5, 5.41) is 19.9. The van der Waals surface area contributed by atoms with Crippen LogP contribution in [0.15, 0.2) is 52.5 Å². The Morgan fingerprint density at radius 2 is 1.92 bits per heavy atom. The molecule has 3 rings (SSSR count). The minimum atomic E-state index is -1.21. The number of aryl methyl sites for hydroxylation is 2. The molecule has 2 heterocycles. The Morgan fingerprint density at radius 3 is 2.50 bits per heavy atom. The van der Waals surface area contributed by atoms with Crippen LogP contribution >= 0.6 is 22.7 Å². The number of carbonyl (C=O) groups excluding carboxylic acids is 1. The van der Waals surface area contributed by atoms with Crippen molar-refractivity contribution in [3.63, 3.8) is 0 Å². The molecule has 0 aliphatic carbocycles. The molecular formula is C19H19NO2S2. The van der Waals surface area contributed by atoms with Gasteiger partial charge in [-0.05, 0) is 54.3 Å². The Bertz CT molecular complexity index is 769. The lowest BCUT2D eigenvalue weighted by molar-refractivity contribution is 0.0721. The van der Waals surface area contributed by atoms with Crippen LogP contribution in [0.25, 0.3) is 0 Å². The monoisotopic (exact) mass is 357 g/mol. The van der Waals surface area contributed by atoms with Crippen LogP contribution in [-0.4, -0.2) is 17.6 Å². The zero-order chi connectivity index (χ0) is 17.2. The smallest absolute Gasteiger partial charge is 0.251 e. The van der Waals surface area contributed by atoms with Crippen molar-refractivity contribution in [3.05, 3.63) is 79.7 Å². The summed E-state index contributed by atoms with van der Waals surface area (Å²) >= 11 is 3.01. The summed E-state index contributed by atoms with van der Waals surface area (Å²) in [6.07, 6.45) is 0. The van der Waals surface area contributed by atoms with Crippen LogP contribution in [0, 0.1) is 13.8 Å². The molecule has 1 unspecified atom stereocenters. The van der Waals surface area contributed by atoms with Gasteiger partial charge in [-0.25, -0.2) is 0 Å². The van der Waals surface area contributed by atoms with Gasteiger partial charge in [0.2, 0.25) is 0 Å². The average molecular weight is 358 g/mol. The molecule has 2 aromatic heterocycles. The van der Waals surface area contributed by atoms with Crippen molar-refractivity contribution in [1.82, 2.24) is 5.32 Å². The quantitative estimate of drug-likeness (QED) is 0.722. The SMILES string of the molecule is Cc1cc(C)cc(C(=O)NCC(O)(c2ccsc2)c2cccs2)c1. The lowest BCUT2D eigenvalue weighted by atomic mass is 9.94. The third kappa shape index (κ3) is 3.43. The van der Waals surface area contributed by atoms with Crippen molar-refractivity contribution in [2.75, 3.05) is 6.54 Å². The first kappa shape index (κ1) is 16.9. The highest BCUT2D eigenvalue weighted by Gasteiger charge is 2.33. The summed E-state index contributed by atoms with van der Waals surface area (Å²) < 4.78 is 0. The number of aliphatic hydroxyl groups is 1. The Labute approximate surface area is 149 Å². The summed E-state index contributed by atoms with van der Waals surface area (Å²) in [6, 6.07) is 11.4. The first-order valence-corrected chi connectivity index (χ1v) is 9.47. The highest BCUT2D eigenvalue weighted by atomic mass is 32.1. The Balaban J connectivity index is 1.83. The summed E-state index contributed by atoms with van der Waals surface area (Å²) in [6.45, 7) is 4.07. The van der Waals surface area contributed by atoms with E-state index >= 15 is 0 Å². The molecule has 3 aromatic rings. The zero-order valence-electron chi connectivity index (χ0n) is 13.6. The summed E-state index contributed by atoms with van der Waals surface area (Å²) in [7, 11) is 0. The molecule has 0 saturated carbocycles. The molecule has 0 saturated heterocycles. The van der Waals surface area contributed by atoms with Gasteiger partial charge in [0, 0.05) is 16.0 Å². The third-order valence-corrected chi connectivity index (χ3v) is 5.62. The van der Waals surface area contributed by atoms with Crippen LogP contribution in [0.2, 0.25) is 0 Å². The largest absolute Gasteiger partial charge is 0.378 e. The number of amides is 1. The Hall–Kier alpha value is -1.95.